The van der Waals surface area contributed by atoms with E-state index in [0.29, 0.717) is 55.4 Å². The lowest BCUT2D eigenvalue weighted by Crippen LogP contribution is -2.36. The third-order valence-corrected chi connectivity index (χ3v) is 6.82. The Morgan fingerprint density at radius 2 is 2.06 bits per heavy atom. The van der Waals surface area contributed by atoms with Gasteiger partial charge in [0.05, 0.1) is 38.6 Å². The number of fused-ring (bicyclic) bond motifs is 1. The van der Waals surface area contributed by atoms with Crippen molar-refractivity contribution in [3.63, 3.8) is 0 Å². The predicted molar refractivity (Wildman–Crippen MR) is 135 cm³/mol. The van der Waals surface area contributed by atoms with Crippen molar-refractivity contribution in [1.29, 1.82) is 0 Å². The van der Waals surface area contributed by atoms with Crippen LogP contribution in [0.3, 0.4) is 0 Å². The van der Waals surface area contributed by atoms with E-state index in [2.05, 4.69) is 15.6 Å². The fourth-order valence-electron chi connectivity index (χ4n) is 3.91. The van der Waals surface area contributed by atoms with E-state index in [1.807, 2.05) is 12.1 Å². The Balaban J connectivity index is 1.63. The van der Waals surface area contributed by atoms with E-state index in [0.717, 1.165) is 21.0 Å². The minimum Gasteiger partial charge on any atom is -0.497 e. The quantitative estimate of drug-likeness (QED) is 0.472. The van der Waals surface area contributed by atoms with Crippen LogP contribution in [0.1, 0.15) is 33.3 Å². The van der Waals surface area contributed by atoms with Gasteiger partial charge in [0.2, 0.25) is 0 Å². The maximum absolute atomic E-state index is 13.6. The van der Waals surface area contributed by atoms with Crippen LogP contribution in [0.15, 0.2) is 42.7 Å². The van der Waals surface area contributed by atoms with Crippen LogP contribution in [0.5, 0.6) is 11.5 Å². The first-order chi connectivity index (χ1) is 17.0. The zero-order chi connectivity index (χ0) is 24.8. The highest BCUT2D eigenvalue weighted by atomic mass is 32.1. The third-order valence-electron chi connectivity index (χ3n) is 5.64. The van der Waals surface area contributed by atoms with E-state index < -0.39 is 0 Å². The first-order valence-electron chi connectivity index (χ1n) is 11.3. The molecule has 35 heavy (non-hydrogen) atoms. The standard InChI is InChI=1S/C25H28N4O5S/c1-4-34-25(31)29-11-9-18-21(15-29)35-24(27-14-16-6-5-10-26-13-16)22(18)23(30)28-19-8-7-17(32-2)12-20(19)33-3/h5-8,10,12-13,27H,4,9,11,14-15H2,1-3H3,(H,28,30). The summed E-state index contributed by atoms with van der Waals surface area (Å²) < 4.78 is 15.9. The minimum atomic E-state index is -0.342. The number of aromatic nitrogens is 1. The maximum Gasteiger partial charge on any atom is 0.410 e. The van der Waals surface area contributed by atoms with Crippen molar-refractivity contribution >= 4 is 34.0 Å². The normalized spacial score (nSPS) is 12.5. The van der Waals surface area contributed by atoms with Gasteiger partial charge in [0.1, 0.15) is 16.5 Å². The van der Waals surface area contributed by atoms with Gasteiger partial charge in [-0.15, -0.1) is 11.3 Å². The van der Waals surface area contributed by atoms with E-state index in [1.54, 1.807) is 56.6 Å². The summed E-state index contributed by atoms with van der Waals surface area (Å²) in [5.41, 5.74) is 3.06. The van der Waals surface area contributed by atoms with Crippen LogP contribution in [-0.2, 0) is 24.2 Å². The number of pyridine rings is 1. The average Bonchev–Trinajstić information content (AvgIpc) is 3.26. The monoisotopic (exact) mass is 496 g/mol. The van der Waals surface area contributed by atoms with Crippen molar-refractivity contribution < 1.29 is 23.8 Å². The van der Waals surface area contributed by atoms with Crippen molar-refractivity contribution in [1.82, 2.24) is 9.88 Å². The lowest BCUT2D eigenvalue weighted by molar-refractivity contribution is 0.102. The second-order valence-electron chi connectivity index (χ2n) is 7.81. The molecule has 0 bridgehead atoms. The van der Waals surface area contributed by atoms with Gasteiger partial charge in [-0.3, -0.25) is 9.78 Å². The molecule has 2 aromatic heterocycles. The van der Waals surface area contributed by atoms with Gasteiger partial charge in [-0.05, 0) is 42.7 Å². The van der Waals surface area contributed by atoms with Crippen LogP contribution in [0.2, 0.25) is 0 Å². The number of rotatable bonds is 8. The van der Waals surface area contributed by atoms with Crippen molar-refractivity contribution in [3.8, 4) is 11.5 Å². The summed E-state index contributed by atoms with van der Waals surface area (Å²) in [5, 5.41) is 7.13. The molecule has 9 nitrogen and oxygen atoms in total. The number of thiophene rings is 1. The smallest absolute Gasteiger partial charge is 0.410 e. The minimum absolute atomic E-state index is 0.246. The second kappa shape index (κ2) is 11.1. The number of carbonyl (C=O) groups excluding carboxylic acids is 2. The molecule has 1 aliphatic heterocycles. The van der Waals surface area contributed by atoms with E-state index in [4.69, 9.17) is 14.2 Å². The number of methoxy groups -OCH3 is 2. The molecular formula is C25H28N4O5S. The number of anilines is 2. The Kier molecular flexibility index (Phi) is 7.71. The SMILES string of the molecule is CCOC(=O)N1CCc2c(sc(NCc3cccnc3)c2C(=O)Nc2ccc(OC)cc2OC)C1. The molecule has 1 aliphatic rings. The van der Waals surface area contributed by atoms with Gasteiger partial charge in [-0.25, -0.2) is 4.79 Å². The summed E-state index contributed by atoms with van der Waals surface area (Å²) in [7, 11) is 3.12. The van der Waals surface area contributed by atoms with Gasteiger partial charge in [0.15, 0.2) is 0 Å². The fourth-order valence-corrected chi connectivity index (χ4v) is 5.17. The molecule has 0 spiro atoms. The van der Waals surface area contributed by atoms with Crippen LogP contribution < -0.4 is 20.1 Å². The van der Waals surface area contributed by atoms with Gasteiger partial charge in [-0.2, -0.15) is 0 Å². The number of benzene rings is 1. The van der Waals surface area contributed by atoms with E-state index in [-0.39, 0.29) is 12.0 Å². The Labute approximate surface area is 208 Å². The Morgan fingerprint density at radius 1 is 1.20 bits per heavy atom. The van der Waals surface area contributed by atoms with Crippen molar-refractivity contribution in [3.05, 3.63) is 64.3 Å². The molecule has 0 fully saturated rings. The topological polar surface area (TPSA) is 102 Å². The van der Waals surface area contributed by atoms with E-state index >= 15 is 0 Å². The molecule has 10 heteroatoms. The highest BCUT2D eigenvalue weighted by molar-refractivity contribution is 7.16. The largest absolute Gasteiger partial charge is 0.497 e. The molecule has 0 radical (unpaired) electrons. The van der Waals surface area contributed by atoms with Gasteiger partial charge in [0.25, 0.3) is 5.91 Å². The zero-order valence-electron chi connectivity index (χ0n) is 19.9. The molecule has 1 aromatic carbocycles. The Bertz CT molecular complexity index is 1200. The summed E-state index contributed by atoms with van der Waals surface area (Å²) in [6, 6.07) is 9.08. The second-order valence-corrected chi connectivity index (χ2v) is 8.92. The van der Waals surface area contributed by atoms with Crippen LogP contribution >= 0.6 is 11.3 Å². The fraction of sp³-hybridized carbons (Fsp3) is 0.320. The van der Waals surface area contributed by atoms with E-state index in [9.17, 15) is 9.59 Å². The third kappa shape index (κ3) is 5.48. The molecule has 0 atom stereocenters. The molecule has 0 saturated heterocycles. The molecule has 0 aliphatic carbocycles. The number of carbonyl (C=O) groups is 2. The number of nitrogens with zero attached hydrogens (tertiary/aromatic N) is 2. The Morgan fingerprint density at radius 3 is 2.77 bits per heavy atom. The van der Waals surface area contributed by atoms with Crippen molar-refractivity contribution in [2.45, 2.75) is 26.4 Å². The van der Waals surface area contributed by atoms with Crippen LogP contribution in [-0.4, -0.2) is 49.3 Å². The summed E-state index contributed by atoms with van der Waals surface area (Å²) >= 11 is 1.48. The molecule has 2 N–H and O–H groups in total. The van der Waals surface area contributed by atoms with Crippen molar-refractivity contribution in [2.75, 3.05) is 38.0 Å². The van der Waals surface area contributed by atoms with Gasteiger partial charge in [-0.1, -0.05) is 6.07 Å². The van der Waals surface area contributed by atoms with Crippen LogP contribution in [0.4, 0.5) is 15.5 Å². The molecule has 4 rings (SSSR count). The molecule has 0 saturated carbocycles. The number of nitrogens with one attached hydrogen (secondary N) is 2. The van der Waals surface area contributed by atoms with Gasteiger partial charge in [0, 0.05) is 36.4 Å². The highest BCUT2D eigenvalue weighted by Crippen LogP contribution is 2.39. The lowest BCUT2D eigenvalue weighted by Gasteiger charge is -2.26. The average molecular weight is 497 g/mol. The molecule has 2 amide bonds. The number of amides is 2. The molecule has 0 unspecified atom stereocenters. The summed E-state index contributed by atoms with van der Waals surface area (Å²) in [5.74, 6) is 0.884. The van der Waals surface area contributed by atoms with Crippen LogP contribution in [0.25, 0.3) is 0 Å². The van der Waals surface area contributed by atoms with Gasteiger partial charge >= 0.3 is 6.09 Å². The maximum atomic E-state index is 13.6. The number of hydrogen-bond donors (Lipinski definition) is 2. The zero-order valence-corrected chi connectivity index (χ0v) is 20.7. The lowest BCUT2D eigenvalue weighted by atomic mass is 10.0. The molecule has 3 heterocycles. The molecule has 184 valence electrons. The van der Waals surface area contributed by atoms with E-state index in [1.165, 1.54) is 11.3 Å². The number of hydrogen-bond acceptors (Lipinski definition) is 8. The summed E-state index contributed by atoms with van der Waals surface area (Å²) in [4.78, 5) is 32.6. The summed E-state index contributed by atoms with van der Waals surface area (Å²) in [6.45, 7) is 3.51. The molecular weight excluding hydrogens is 468 g/mol. The first kappa shape index (κ1) is 24.3. The highest BCUT2D eigenvalue weighted by Gasteiger charge is 2.30. The van der Waals surface area contributed by atoms with Gasteiger partial charge < -0.3 is 29.7 Å². The molecule has 3 aromatic rings. The van der Waals surface area contributed by atoms with Crippen molar-refractivity contribution in [2.24, 2.45) is 0 Å². The first-order valence-corrected chi connectivity index (χ1v) is 12.1. The number of ether oxygens (including phenoxy) is 3. The predicted octanol–water partition coefficient (Wildman–Crippen LogP) is 4.54. The Hall–Kier alpha value is -3.79. The summed E-state index contributed by atoms with van der Waals surface area (Å²) in [6.07, 6.45) is 3.72. The van der Waals surface area contributed by atoms with Crippen LogP contribution in [0, 0.1) is 0 Å².